The third-order valence-electron chi connectivity index (χ3n) is 7.08. The van der Waals surface area contributed by atoms with Crippen molar-refractivity contribution in [2.45, 2.75) is 77.9 Å². The summed E-state index contributed by atoms with van der Waals surface area (Å²) in [5.74, 6) is 0.915. The molecule has 0 spiro atoms. The first-order chi connectivity index (χ1) is 15.2. The molecule has 3 nitrogen and oxygen atoms in total. The first-order valence-corrected chi connectivity index (χ1v) is 12.0. The van der Waals surface area contributed by atoms with Crippen molar-refractivity contribution in [3.05, 3.63) is 71.4 Å². The number of halogens is 1. The zero-order valence-corrected chi connectivity index (χ0v) is 20.1. The van der Waals surface area contributed by atoms with Crippen LogP contribution in [0, 0.1) is 5.41 Å². The highest BCUT2D eigenvalue weighted by Crippen LogP contribution is 2.52. The summed E-state index contributed by atoms with van der Waals surface area (Å²) in [5, 5.41) is 12.7. The minimum absolute atomic E-state index is 0. The number of rotatable bonds is 9. The van der Waals surface area contributed by atoms with E-state index >= 15 is 0 Å². The number of para-hydroxylation sites is 1. The van der Waals surface area contributed by atoms with Gasteiger partial charge in [-0.15, -0.1) is 0 Å². The second-order valence-electron chi connectivity index (χ2n) is 9.16. The topological polar surface area (TPSA) is 43.6 Å². The zero-order valence-electron chi connectivity index (χ0n) is 19.4. The van der Waals surface area contributed by atoms with Gasteiger partial charge in [0.2, 0.25) is 11.2 Å². The fourth-order valence-corrected chi connectivity index (χ4v) is 5.19. The lowest BCUT2D eigenvalue weighted by atomic mass is 9.64. The number of hydrogen-bond acceptors (Lipinski definition) is 2. The van der Waals surface area contributed by atoms with E-state index in [0.29, 0.717) is 6.61 Å². The Labute approximate surface area is 198 Å². The monoisotopic (exact) mass is 453 g/mol. The molecule has 0 bridgehead atoms. The lowest BCUT2D eigenvalue weighted by Gasteiger charge is -2.43. The predicted molar refractivity (Wildman–Crippen MR) is 126 cm³/mol. The lowest BCUT2D eigenvalue weighted by molar-refractivity contribution is -0.362. The number of pyridine rings is 1. The molecule has 1 atom stereocenters. The summed E-state index contributed by atoms with van der Waals surface area (Å²) >= 11 is 0. The molecule has 1 aliphatic rings. The van der Waals surface area contributed by atoms with E-state index in [1.165, 1.54) is 36.6 Å². The Balaban J connectivity index is 0.00000289. The van der Waals surface area contributed by atoms with E-state index in [2.05, 4.69) is 61.3 Å². The molecule has 0 saturated heterocycles. The number of aromatic nitrogens is 1. The van der Waals surface area contributed by atoms with Crippen LogP contribution in [0.2, 0.25) is 0 Å². The largest absolute Gasteiger partial charge is 1.00 e. The molecule has 0 fully saturated rings. The predicted octanol–water partition coefficient (Wildman–Crippen LogP) is 3.58. The fraction of sp³-hybridized carbons (Fsp3) is 0.464. The summed E-state index contributed by atoms with van der Waals surface area (Å²) in [5.41, 5.74) is 4.46. The van der Waals surface area contributed by atoms with Crippen LogP contribution in [-0.2, 0) is 13.0 Å². The summed E-state index contributed by atoms with van der Waals surface area (Å²) < 4.78 is 6.28. The summed E-state index contributed by atoms with van der Waals surface area (Å²) in [6, 6.07) is 18.7. The Morgan fingerprint density at radius 1 is 0.969 bits per heavy atom. The van der Waals surface area contributed by atoms with Crippen LogP contribution < -0.4 is 22.1 Å². The third kappa shape index (κ3) is 5.10. The highest BCUT2D eigenvalue weighted by Gasteiger charge is 2.42. The van der Waals surface area contributed by atoms with Crippen molar-refractivity contribution < 1.29 is 27.2 Å². The van der Waals surface area contributed by atoms with Crippen molar-refractivity contribution in [1.29, 1.82) is 0 Å². The second kappa shape index (κ2) is 11.2. The molecule has 0 radical (unpaired) electrons. The molecule has 1 aliphatic carbocycles. The van der Waals surface area contributed by atoms with Gasteiger partial charge in [-0.05, 0) is 55.0 Å². The number of aromatic amines is 1. The molecule has 2 N–H and O–H groups in total. The Hall–Kier alpha value is -2.10. The van der Waals surface area contributed by atoms with Crippen LogP contribution in [0.5, 0.6) is 5.75 Å². The Kier molecular flexibility index (Phi) is 8.56. The van der Waals surface area contributed by atoms with E-state index < -0.39 is 6.10 Å². The first kappa shape index (κ1) is 24.5. The van der Waals surface area contributed by atoms with E-state index in [1.54, 1.807) is 0 Å². The number of H-pyrrole nitrogens is 1. The molecule has 3 aromatic rings. The first-order valence-electron chi connectivity index (χ1n) is 12.0. The van der Waals surface area contributed by atoms with Crippen LogP contribution in [0.4, 0.5) is 0 Å². The highest BCUT2D eigenvalue weighted by molar-refractivity contribution is 5.74. The van der Waals surface area contributed by atoms with Gasteiger partial charge >= 0.3 is 0 Å². The van der Waals surface area contributed by atoms with Crippen molar-refractivity contribution in [2.24, 2.45) is 5.41 Å². The number of aliphatic hydroxyl groups is 1. The number of hydrogen-bond donors (Lipinski definition) is 1. The van der Waals surface area contributed by atoms with E-state index in [0.717, 1.165) is 48.2 Å². The Bertz CT molecular complexity index is 1010. The molecule has 1 heterocycles. The van der Waals surface area contributed by atoms with Gasteiger partial charge in [-0.1, -0.05) is 63.8 Å². The molecular weight excluding hydrogens is 418 g/mol. The minimum atomic E-state index is -0.398. The van der Waals surface area contributed by atoms with Gasteiger partial charge in [-0.3, -0.25) is 0 Å². The number of unbranched alkanes of at least 4 members (excludes halogenated alkanes) is 2. The van der Waals surface area contributed by atoms with Crippen molar-refractivity contribution >= 4 is 10.9 Å². The molecule has 32 heavy (non-hydrogen) atoms. The van der Waals surface area contributed by atoms with Crippen LogP contribution in [0.15, 0.2) is 54.6 Å². The van der Waals surface area contributed by atoms with Crippen molar-refractivity contribution in [2.75, 3.05) is 0 Å². The Morgan fingerprint density at radius 2 is 1.72 bits per heavy atom. The molecule has 4 heteroatoms. The number of fused-ring (bicyclic) bond motifs is 2. The molecule has 2 aromatic carbocycles. The average Bonchev–Trinajstić information content (AvgIpc) is 2.82. The van der Waals surface area contributed by atoms with Gasteiger partial charge in [0.25, 0.3) is 0 Å². The van der Waals surface area contributed by atoms with Gasteiger partial charge < -0.3 is 22.3 Å². The molecule has 0 aliphatic heterocycles. The smallest absolute Gasteiger partial charge is 0.218 e. The van der Waals surface area contributed by atoms with Crippen LogP contribution in [-0.4, -0.2) is 5.11 Å². The molecule has 4 rings (SSSR count). The summed E-state index contributed by atoms with van der Waals surface area (Å²) in [4.78, 5) is 3.47. The molecule has 1 aromatic heterocycles. The van der Waals surface area contributed by atoms with Crippen molar-refractivity contribution in [1.82, 2.24) is 0 Å². The molecular formula is C28H36ClNO2. The number of ether oxygens (including phenoxy) is 1. The van der Waals surface area contributed by atoms with Gasteiger partial charge in [-0.2, -0.15) is 0 Å². The van der Waals surface area contributed by atoms with Gasteiger partial charge in [-0.25, -0.2) is 4.98 Å². The highest BCUT2D eigenvalue weighted by atomic mass is 35.5. The lowest BCUT2D eigenvalue weighted by Crippen LogP contribution is -3.00. The maximum absolute atomic E-state index is 11.5. The minimum Gasteiger partial charge on any atom is -1.00 e. The number of benzene rings is 2. The Morgan fingerprint density at radius 3 is 2.47 bits per heavy atom. The standard InChI is InChI=1S/C28H35NO2.ClH/c1-3-5-17-28(18-6-4-2)19-16-23-24(27(28)30)11-9-13-26(23)31-20-22-15-14-21-10-7-8-12-25(21)29-22;/h7-15,27,30H,3-6,16-20H2,1-2H3;1H/t27-;/m1./s1. The van der Waals surface area contributed by atoms with E-state index in [-0.39, 0.29) is 17.8 Å². The summed E-state index contributed by atoms with van der Waals surface area (Å²) in [6.07, 6.45) is 8.58. The fourth-order valence-electron chi connectivity index (χ4n) is 5.19. The third-order valence-corrected chi connectivity index (χ3v) is 7.08. The molecule has 0 saturated carbocycles. The maximum atomic E-state index is 11.5. The summed E-state index contributed by atoms with van der Waals surface area (Å²) in [7, 11) is 0. The molecule has 0 amide bonds. The van der Waals surface area contributed by atoms with Gasteiger partial charge in [0.05, 0.1) is 6.10 Å². The second-order valence-corrected chi connectivity index (χ2v) is 9.16. The van der Waals surface area contributed by atoms with Gasteiger partial charge in [0.15, 0.2) is 6.61 Å². The van der Waals surface area contributed by atoms with E-state index in [9.17, 15) is 5.11 Å². The summed E-state index contributed by atoms with van der Waals surface area (Å²) in [6.45, 7) is 4.98. The average molecular weight is 454 g/mol. The maximum Gasteiger partial charge on any atom is 0.218 e. The van der Waals surface area contributed by atoms with Crippen LogP contribution >= 0.6 is 0 Å². The quantitative estimate of drug-likeness (QED) is 0.538. The van der Waals surface area contributed by atoms with Crippen LogP contribution in [0.1, 0.15) is 81.7 Å². The van der Waals surface area contributed by atoms with E-state index in [4.69, 9.17) is 4.74 Å². The van der Waals surface area contributed by atoms with Gasteiger partial charge in [0.1, 0.15) is 5.75 Å². The van der Waals surface area contributed by atoms with Crippen molar-refractivity contribution in [3.63, 3.8) is 0 Å². The molecule has 172 valence electrons. The van der Waals surface area contributed by atoms with Crippen molar-refractivity contribution in [3.8, 4) is 5.75 Å². The zero-order chi connectivity index (χ0) is 21.7. The number of nitrogens with one attached hydrogen (secondary N) is 1. The normalized spacial score (nSPS) is 16.9. The van der Waals surface area contributed by atoms with Crippen LogP contribution in [0.25, 0.3) is 10.9 Å². The van der Waals surface area contributed by atoms with Crippen LogP contribution in [0.3, 0.4) is 0 Å². The molecule has 0 unspecified atom stereocenters. The number of aliphatic hydroxyl groups excluding tert-OH is 1. The SMILES string of the molecule is CCCCC1(CCCC)CCc2c(OCc3ccc4ccccc4[nH+]3)cccc2[C@H]1O.[Cl-]. The van der Waals surface area contributed by atoms with E-state index in [1.807, 2.05) is 12.1 Å². The van der Waals surface area contributed by atoms with Gasteiger partial charge in [0, 0.05) is 22.9 Å².